The largest absolute Gasteiger partial charge is 0.383 e. The van der Waals surface area contributed by atoms with Gasteiger partial charge in [-0.3, -0.25) is 5.10 Å². The molecule has 0 bridgehead atoms. The van der Waals surface area contributed by atoms with Gasteiger partial charge in [-0.25, -0.2) is 9.97 Å². The number of aryl methyl sites for hydroxylation is 2. The van der Waals surface area contributed by atoms with E-state index in [0.717, 1.165) is 29.4 Å². The molecule has 2 heterocycles. The highest BCUT2D eigenvalue weighted by Crippen LogP contribution is 2.24. The Hall–Kier alpha value is -2.93. The van der Waals surface area contributed by atoms with Crippen molar-refractivity contribution in [2.24, 2.45) is 0 Å². The van der Waals surface area contributed by atoms with Gasteiger partial charge >= 0.3 is 0 Å². The van der Waals surface area contributed by atoms with Crippen LogP contribution in [0.15, 0.2) is 36.4 Å². The molecule has 0 amide bonds. The predicted molar refractivity (Wildman–Crippen MR) is 104 cm³/mol. The maximum Gasteiger partial charge on any atom is 0.163 e. The van der Waals surface area contributed by atoms with Crippen LogP contribution in [0.4, 0.5) is 17.5 Å². The fourth-order valence-electron chi connectivity index (χ4n) is 2.56. The summed E-state index contributed by atoms with van der Waals surface area (Å²) in [7, 11) is 3.68. The Balaban J connectivity index is 1.98. The number of H-pyrrole nitrogens is 1. The zero-order valence-corrected chi connectivity index (χ0v) is 15.6. The van der Waals surface area contributed by atoms with Gasteiger partial charge in [0.2, 0.25) is 0 Å². The number of nitrogens with one attached hydrogen (secondary N) is 2. The third kappa shape index (κ3) is 4.37. The molecule has 136 valence electrons. The third-order valence-electron chi connectivity index (χ3n) is 3.97. The van der Waals surface area contributed by atoms with Crippen molar-refractivity contribution >= 4 is 17.5 Å². The Bertz CT molecular complexity index is 876. The minimum Gasteiger partial charge on any atom is -0.383 e. The molecule has 0 atom stereocenters. The molecule has 7 heteroatoms. The van der Waals surface area contributed by atoms with Crippen LogP contribution in [-0.2, 0) is 4.74 Å². The molecule has 0 saturated carbocycles. The number of aromatic nitrogens is 4. The van der Waals surface area contributed by atoms with E-state index in [2.05, 4.69) is 39.6 Å². The third-order valence-corrected chi connectivity index (χ3v) is 3.97. The van der Waals surface area contributed by atoms with Crippen LogP contribution in [0.5, 0.6) is 0 Å². The average molecular weight is 352 g/mol. The summed E-state index contributed by atoms with van der Waals surface area (Å²) in [6, 6.07) is 12.0. The van der Waals surface area contributed by atoms with Crippen molar-refractivity contribution in [3.05, 3.63) is 47.7 Å². The molecule has 26 heavy (non-hydrogen) atoms. The monoisotopic (exact) mass is 352 g/mol. The number of aromatic amines is 1. The van der Waals surface area contributed by atoms with Gasteiger partial charge in [0.25, 0.3) is 0 Å². The van der Waals surface area contributed by atoms with E-state index in [1.54, 1.807) is 7.11 Å². The molecule has 7 nitrogen and oxygen atoms in total. The van der Waals surface area contributed by atoms with Gasteiger partial charge in [0.1, 0.15) is 11.6 Å². The van der Waals surface area contributed by atoms with E-state index in [-0.39, 0.29) is 0 Å². The Kier molecular flexibility index (Phi) is 5.48. The van der Waals surface area contributed by atoms with Gasteiger partial charge < -0.3 is 15.0 Å². The maximum atomic E-state index is 5.18. The van der Waals surface area contributed by atoms with E-state index in [1.807, 2.05) is 43.1 Å². The molecule has 0 aliphatic heterocycles. The van der Waals surface area contributed by atoms with Gasteiger partial charge in [0.15, 0.2) is 11.6 Å². The lowest BCUT2D eigenvalue weighted by Gasteiger charge is -2.19. The smallest absolute Gasteiger partial charge is 0.163 e. The summed E-state index contributed by atoms with van der Waals surface area (Å²) < 4.78 is 5.18. The zero-order valence-electron chi connectivity index (χ0n) is 15.6. The highest BCUT2D eigenvalue weighted by atomic mass is 16.5. The molecular formula is C19H24N6O. The molecule has 0 aliphatic rings. The van der Waals surface area contributed by atoms with Crippen molar-refractivity contribution in [1.29, 1.82) is 0 Å². The Morgan fingerprint density at radius 3 is 2.65 bits per heavy atom. The first-order chi connectivity index (χ1) is 12.5. The van der Waals surface area contributed by atoms with Gasteiger partial charge in [-0.05, 0) is 19.9 Å². The molecule has 0 fully saturated rings. The van der Waals surface area contributed by atoms with Crippen LogP contribution in [0.1, 0.15) is 11.3 Å². The van der Waals surface area contributed by atoms with Crippen LogP contribution in [0.25, 0.3) is 11.4 Å². The average Bonchev–Trinajstić information content (AvgIpc) is 3.04. The topological polar surface area (TPSA) is 79.0 Å². The van der Waals surface area contributed by atoms with E-state index >= 15 is 0 Å². The number of likely N-dealkylation sites (N-methyl/N-ethyl adjacent to an activating group) is 1. The maximum absolute atomic E-state index is 5.18. The van der Waals surface area contributed by atoms with Crippen molar-refractivity contribution in [1.82, 2.24) is 20.2 Å². The fraction of sp³-hybridized carbons (Fsp3) is 0.316. The predicted octanol–water partition coefficient (Wildman–Crippen LogP) is 3.31. The summed E-state index contributed by atoms with van der Waals surface area (Å²) in [5.41, 5.74) is 3.13. The lowest BCUT2D eigenvalue weighted by Crippen LogP contribution is -2.23. The number of methoxy groups -OCH3 is 1. The van der Waals surface area contributed by atoms with Gasteiger partial charge in [0.05, 0.1) is 6.61 Å². The molecule has 0 aliphatic carbocycles. The summed E-state index contributed by atoms with van der Waals surface area (Å²) >= 11 is 0. The summed E-state index contributed by atoms with van der Waals surface area (Å²) in [5.74, 6) is 2.91. The SMILES string of the molecule is COCCN(C)c1cc(Nc2cc(C)[nH]n2)nc(-c2cccc(C)c2)n1. The standard InChI is InChI=1S/C19H24N6O/c1-13-6-5-7-15(10-13)19-21-16(20-17-11-14(2)23-24-17)12-18(22-19)25(3)8-9-26-4/h5-7,10-12H,8-9H2,1-4H3,(H2,20,21,22,23,24). The van der Waals surface area contributed by atoms with E-state index in [1.165, 1.54) is 5.56 Å². The van der Waals surface area contributed by atoms with Crippen molar-refractivity contribution in [2.75, 3.05) is 37.5 Å². The minimum atomic E-state index is 0.627. The molecule has 0 radical (unpaired) electrons. The van der Waals surface area contributed by atoms with Crippen LogP contribution >= 0.6 is 0 Å². The number of benzene rings is 1. The molecule has 3 aromatic rings. The second-order valence-electron chi connectivity index (χ2n) is 6.28. The van der Waals surface area contributed by atoms with Crippen molar-refractivity contribution < 1.29 is 4.74 Å². The summed E-state index contributed by atoms with van der Waals surface area (Å²) in [6.07, 6.45) is 0. The second kappa shape index (κ2) is 7.97. The lowest BCUT2D eigenvalue weighted by atomic mass is 10.1. The molecule has 1 aromatic carbocycles. The number of rotatable bonds is 7. The van der Waals surface area contributed by atoms with E-state index in [9.17, 15) is 0 Å². The summed E-state index contributed by atoms with van der Waals surface area (Å²) in [4.78, 5) is 11.5. The quantitative estimate of drug-likeness (QED) is 0.679. The van der Waals surface area contributed by atoms with E-state index in [4.69, 9.17) is 9.72 Å². The van der Waals surface area contributed by atoms with Crippen molar-refractivity contribution in [3.8, 4) is 11.4 Å². The molecule has 0 saturated heterocycles. The molecule has 2 aromatic heterocycles. The van der Waals surface area contributed by atoms with E-state index < -0.39 is 0 Å². The van der Waals surface area contributed by atoms with Gasteiger partial charge in [-0.2, -0.15) is 5.10 Å². The molecule has 2 N–H and O–H groups in total. The number of ether oxygens (including phenoxy) is 1. The summed E-state index contributed by atoms with van der Waals surface area (Å²) in [5, 5.41) is 10.4. The van der Waals surface area contributed by atoms with Crippen LogP contribution in [0.3, 0.4) is 0 Å². The molecular weight excluding hydrogens is 328 g/mol. The fourth-order valence-corrected chi connectivity index (χ4v) is 2.56. The minimum absolute atomic E-state index is 0.627. The number of anilines is 3. The first-order valence-corrected chi connectivity index (χ1v) is 8.50. The Morgan fingerprint density at radius 2 is 1.96 bits per heavy atom. The molecule has 3 rings (SSSR count). The Morgan fingerprint density at radius 1 is 1.12 bits per heavy atom. The number of nitrogens with zero attached hydrogens (tertiary/aromatic N) is 4. The lowest BCUT2D eigenvalue weighted by molar-refractivity contribution is 0.206. The highest BCUT2D eigenvalue weighted by molar-refractivity contribution is 5.64. The first-order valence-electron chi connectivity index (χ1n) is 8.50. The molecule has 0 spiro atoms. The summed E-state index contributed by atoms with van der Waals surface area (Å²) in [6.45, 7) is 5.38. The van der Waals surface area contributed by atoms with Crippen LogP contribution in [-0.4, -0.2) is 47.5 Å². The van der Waals surface area contributed by atoms with Gasteiger partial charge in [-0.1, -0.05) is 23.8 Å². The van der Waals surface area contributed by atoms with Crippen LogP contribution < -0.4 is 10.2 Å². The van der Waals surface area contributed by atoms with Crippen molar-refractivity contribution in [3.63, 3.8) is 0 Å². The van der Waals surface area contributed by atoms with Gasteiger partial charge in [0, 0.05) is 44.1 Å². The van der Waals surface area contributed by atoms with Gasteiger partial charge in [-0.15, -0.1) is 0 Å². The Labute approximate surface area is 153 Å². The number of hydrogen-bond acceptors (Lipinski definition) is 6. The molecule has 0 unspecified atom stereocenters. The highest BCUT2D eigenvalue weighted by Gasteiger charge is 2.11. The van der Waals surface area contributed by atoms with Crippen molar-refractivity contribution in [2.45, 2.75) is 13.8 Å². The second-order valence-corrected chi connectivity index (χ2v) is 6.28. The first kappa shape index (κ1) is 17.9. The zero-order chi connectivity index (χ0) is 18.5. The van der Waals surface area contributed by atoms with Crippen LogP contribution in [0, 0.1) is 13.8 Å². The van der Waals surface area contributed by atoms with E-state index in [0.29, 0.717) is 18.2 Å². The number of hydrogen-bond donors (Lipinski definition) is 2. The van der Waals surface area contributed by atoms with Crippen LogP contribution in [0.2, 0.25) is 0 Å². The normalized spacial score (nSPS) is 10.8.